The van der Waals surface area contributed by atoms with Crippen LogP contribution >= 0.6 is 23.2 Å². The van der Waals surface area contributed by atoms with E-state index < -0.39 is 5.69 Å². The highest BCUT2D eigenvalue weighted by atomic mass is 35.5. The number of pyridine rings is 2. The van der Waals surface area contributed by atoms with Crippen LogP contribution in [0.4, 0.5) is 5.82 Å². The van der Waals surface area contributed by atoms with E-state index in [4.69, 9.17) is 23.2 Å². The van der Waals surface area contributed by atoms with Gasteiger partial charge in [0.1, 0.15) is 11.0 Å². The van der Waals surface area contributed by atoms with Crippen LogP contribution in [-0.4, -0.2) is 44.7 Å². The van der Waals surface area contributed by atoms with Gasteiger partial charge >= 0.3 is 5.69 Å². The smallest absolute Gasteiger partial charge is 0.350 e. The van der Waals surface area contributed by atoms with Gasteiger partial charge in [0, 0.05) is 31.4 Å². The van der Waals surface area contributed by atoms with E-state index in [0.29, 0.717) is 27.6 Å². The lowest BCUT2D eigenvalue weighted by Gasteiger charge is -2.38. The first kappa shape index (κ1) is 22.0. The van der Waals surface area contributed by atoms with Crippen molar-refractivity contribution in [1.29, 1.82) is 0 Å². The SMILES string of the molecule is Cc1ccnc(C(C)C)c1-n1c(=O)nc(N2C[C@@H](C)NC[C@@H]2C)c2cc(Cl)c(Cl)nc21. The molecule has 9 heteroatoms. The monoisotopic (exact) mass is 460 g/mol. The molecule has 164 valence electrons. The number of nitrogens with one attached hydrogen (secondary N) is 1. The van der Waals surface area contributed by atoms with Gasteiger partial charge in [-0.2, -0.15) is 4.98 Å². The van der Waals surface area contributed by atoms with Crippen LogP contribution in [0.3, 0.4) is 0 Å². The van der Waals surface area contributed by atoms with Gasteiger partial charge in [0.05, 0.1) is 21.8 Å². The standard InChI is InChI=1S/C22H26Cl2N6O/c1-11(2)17-18(12(3)6-7-25-17)30-21-15(8-16(23)19(24)27-21)20(28-22(30)31)29-10-13(4)26-9-14(29)5/h6-8,11,13-14,26H,9-10H2,1-5H3/t13-,14+/m1/s1. The summed E-state index contributed by atoms with van der Waals surface area (Å²) in [6, 6.07) is 4.05. The second kappa shape index (κ2) is 8.37. The summed E-state index contributed by atoms with van der Waals surface area (Å²) in [4.78, 5) is 29.2. The van der Waals surface area contributed by atoms with E-state index in [-0.39, 0.29) is 23.2 Å². The summed E-state index contributed by atoms with van der Waals surface area (Å²) in [5.41, 5.74) is 2.42. The number of fused-ring (bicyclic) bond motifs is 1. The van der Waals surface area contributed by atoms with E-state index >= 15 is 0 Å². The van der Waals surface area contributed by atoms with Gasteiger partial charge in [0.2, 0.25) is 0 Å². The van der Waals surface area contributed by atoms with Crippen LogP contribution < -0.4 is 15.9 Å². The summed E-state index contributed by atoms with van der Waals surface area (Å²) in [5, 5.41) is 4.61. The Labute approximate surface area is 191 Å². The molecule has 1 saturated heterocycles. The van der Waals surface area contributed by atoms with E-state index in [2.05, 4.69) is 39.0 Å². The number of piperazine rings is 1. The van der Waals surface area contributed by atoms with E-state index in [0.717, 1.165) is 24.3 Å². The molecule has 1 fully saturated rings. The summed E-state index contributed by atoms with van der Waals surface area (Å²) in [5.74, 6) is 0.684. The van der Waals surface area contributed by atoms with Gasteiger partial charge in [0.25, 0.3) is 0 Å². The second-order valence-corrected chi connectivity index (χ2v) is 9.28. The zero-order valence-electron chi connectivity index (χ0n) is 18.3. The van der Waals surface area contributed by atoms with Crippen molar-refractivity contribution in [2.24, 2.45) is 0 Å². The third-order valence-electron chi connectivity index (χ3n) is 5.72. The topological polar surface area (TPSA) is 75.9 Å². The average Bonchev–Trinajstić information content (AvgIpc) is 2.71. The van der Waals surface area contributed by atoms with E-state index in [9.17, 15) is 4.79 Å². The molecule has 31 heavy (non-hydrogen) atoms. The minimum atomic E-state index is -0.412. The fourth-order valence-corrected chi connectivity index (χ4v) is 4.39. The summed E-state index contributed by atoms with van der Waals surface area (Å²) in [6.07, 6.45) is 1.75. The molecule has 0 saturated carbocycles. The molecular formula is C22H26Cl2N6O. The third-order valence-corrected chi connectivity index (χ3v) is 6.39. The maximum absolute atomic E-state index is 13.5. The fourth-order valence-electron chi connectivity index (χ4n) is 4.11. The molecule has 2 atom stereocenters. The molecular weight excluding hydrogens is 435 g/mol. The maximum Gasteiger partial charge on any atom is 0.355 e. The molecule has 0 radical (unpaired) electrons. The number of halogens is 2. The Morgan fingerprint density at radius 1 is 1.23 bits per heavy atom. The molecule has 7 nitrogen and oxygen atoms in total. The van der Waals surface area contributed by atoms with E-state index in [1.54, 1.807) is 12.3 Å². The Hall–Kier alpha value is -2.22. The summed E-state index contributed by atoms with van der Waals surface area (Å²) >= 11 is 12.7. The largest absolute Gasteiger partial charge is 0.355 e. The Balaban J connectivity index is 2.08. The first-order valence-electron chi connectivity index (χ1n) is 10.4. The summed E-state index contributed by atoms with van der Waals surface area (Å²) in [7, 11) is 0. The highest BCUT2D eigenvalue weighted by molar-refractivity contribution is 6.41. The number of anilines is 1. The molecule has 0 bridgehead atoms. The Morgan fingerprint density at radius 2 is 1.97 bits per heavy atom. The molecule has 3 aromatic rings. The number of hydrogen-bond donors (Lipinski definition) is 1. The molecule has 1 aliphatic rings. The van der Waals surface area contributed by atoms with Crippen LogP contribution in [0.1, 0.15) is 44.9 Å². The first-order valence-corrected chi connectivity index (χ1v) is 11.2. The molecule has 1 N–H and O–H groups in total. The van der Waals surface area contributed by atoms with Crippen molar-refractivity contribution < 1.29 is 0 Å². The Bertz CT molecular complexity index is 1210. The molecule has 0 aromatic carbocycles. The van der Waals surface area contributed by atoms with Crippen LogP contribution in [0.5, 0.6) is 0 Å². The maximum atomic E-state index is 13.5. The van der Waals surface area contributed by atoms with Gasteiger partial charge in [-0.1, -0.05) is 37.0 Å². The molecule has 0 spiro atoms. The summed E-state index contributed by atoms with van der Waals surface area (Å²) < 4.78 is 1.52. The fraction of sp³-hybridized carbons (Fsp3) is 0.455. The van der Waals surface area contributed by atoms with Gasteiger partial charge in [-0.25, -0.2) is 14.3 Å². The number of hydrogen-bond acceptors (Lipinski definition) is 6. The molecule has 0 unspecified atom stereocenters. The zero-order chi connectivity index (χ0) is 22.4. The highest BCUT2D eigenvalue weighted by Crippen LogP contribution is 2.33. The molecule has 0 aliphatic carbocycles. The van der Waals surface area contributed by atoms with Crippen molar-refractivity contribution in [3.8, 4) is 5.69 Å². The van der Waals surface area contributed by atoms with Gasteiger partial charge in [-0.05, 0) is 44.4 Å². The van der Waals surface area contributed by atoms with Gasteiger partial charge in [-0.3, -0.25) is 4.98 Å². The van der Waals surface area contributed by atoms with Crippen molar-refractivity contribution in [3.05, 3.63) is 50.2 Å². The van der Waals surface area contributed by atoms with Crippen LogP contribution in [0.25, 0.3) is 16.7 Å². The normalized spacial score (nSPS) is 19.4. The number of nitrogens with zero attached hydrogens (tertiary/aromatic N) is 5. The minimum Gasteiger partial charge on any atom is -0.350 e. The predicted molar refractivity (Wildman–Crippen MR) is 126 cm³/mol. The summed E-state index contributed by atoms with van der Waals surface area (Å²) in [6.45, 7) is 11.8. The highest BCUT2D eigenvalue weighted by Gasteiger charge is 2.28. The van der Waals surface area contributed by atoms with Crippen LogP contribution in [0, 0.1) is 6.92 Å². The minimum absolute atomic E-state index is 0.105. The van der Waals surface area contributed by atoms with Crippen molar-refractivity contribution in [2.75, 3.05) is 18.0 Å². The van der Waals surface area contributed by atoms with Gasteiger partial charge < -0.3 is 10.2 Å². The Morgan fingerprint density at radius 3 is 2.68 bits per heavy atom. The lowest BCUT2D eigenvalue weighted by molar-refractivity contribution is 0.423. The molecule has 4 rings (SSSR count). The quantitative estimate of drug-likeness (QED) is 0.592. The van der Waals surface area contributed by atoms with Crippen LogP contribution in [0.15, 0.2) is 23.1 Å². The number of aryl methyl sites for hydroxylation is 1. The van der Waals surface area contributed by atoms with Crippen LogP contribution in [0.2, 0.25) is 10.2 Å². The molecule has 3 aromatic heterocycles. The van der Waals surface area contributed by atoms with Gasteiger partial charge in [0.15, 0.2) is 5.65 Å². The van der Waals surface area contributed by atoms with Crippen LogP contribution in [-0.2, 0) is 0 Å². The Kier molecular flexibility index (Phi) is 5.94. The number of aromatic nitrogens is 4. The van der Waals surface area contributed by atoms with E-state index in [1.807, 2.05) is 26.8 Å². The lowest BCUT2D eigenvalue weighted by atomic mass is 10.0. The molecule has 0 amide bonds. The molecule has 1 aliphatic heterocycles. The van der Waals surface area contributed by atoms with Crippen molar-refractivity contribution in [2.45, 2.75) is 52.6 Å². The second-order valence-electron chi connectivity index (χ2n) is 8.51. The van der Waals surface area contributed by atoms with Crippen molar-refractivity contribution >= 4 is 40.1 Å². The third kappa shape index (κ3) is 3.90. The lowest BCUT2D eigenvalue weighted by Crippen LogP contribution is -2.55. The molecule has 4 heterocycles. The van der Waals surface area contributed by atoms with E-state index in [1.165, 1.54) is 4.57 Å². The van der Waals surface area contributed by atoms with Crippen molar-refractivity contribution in [1.82, 2.24) is 24.8 Å². The average molecular weight is 461 g/mol. The first-order chi connectivity index (χ1) is 14.7. The predicted octanol–water partition coefficient (Wildman–Crippen LogP) is 4.10. The zero-order valence-corrected chi connectivity index (χ0v) is 19.8. The van der Waals surface area contributed by atoms with Crippen molar-refractivity contribution in [3.63, 3.8) is 0 Å². The van der Waals surface area contributed by atoms with Gasteiger partial charge in [-0.15, -0.1) is 0 Å². The number of rotatable bonds is 3.